The van der Waals surface area contributed by atoms with Crippen molar-refractivity contribution in [3.05, 3.63) is 29.8 Å². The van der Waals surface area contributed by atoms with Crippen molar-refractivity contribution in [1.82, 2.24) is 0 Å². The zero-order valence-electron chi connectivity index (χ0n) is 10.5. The minimum absolute atomic E-state index is 0.479. The first-order chi connectivity index (χ1) is 8.17. The van der Waals surface area contributed by atoms with Gasteiger partial charge in [0.15, 0.2) is 0 Å². The van der Waals surface area contributed by atoms with Crippen LogP contribution < -0.4 is 4.74 Å². The molecule has 0 radical (unpaired) electrons. The topological polar surface area (TPSA) is 38.7 Å². The van der Waals surface area contributed by atoms with Crippen LogP contribution in [0.2, 0.25) is 0 Å². The Morgan fingerprint density at radius 1 is 1.47 bits per heavy atom. The molecule has 0 aliphatic carbocycles. The third kappa shape index (κ3) is 2.45. The molecule has 2 unspecified atom stereocenters. The van der Waals surface area contributed by atoms with E-state index in [2.05, 4.69) is 0 Å². The molecule has 0 amide bonds. The van der Waals surface area contributed by atoms with E-state index >= 15 is 0 Å². The number of para-hydroxylation sites is 1. The van der Waals surface area contributed by atoms with Gasteiger partial charge in [-0.15, -0.1) is 0 Å². The van der Waals surface area contributed by atoms with Gasteiger partial charge in [-0.05, 0) is 32.8 Å². The van der Waals surface area contributed by atoms with Gasteiger partial charge in [-0.2, -0.15) is 0 Å². The fourth-order valence-corrected chi connectivity index (χ4v) is 2.34. The van der Waals surface area contributed by atoms with Crippen molar-refractivity contribution in [1.29, 1.82) is 0 Å². The summed E-state index contributed by atoms with van der Waals surface area (Å²) in [5.74, 6) is 0.749. The normalized spacial score (nSPS) is 25.8. The molecule has 17 heavy (non-hydrogen) atoms. The van der Waals surface area contributed by atoms with Gasteiger partial charge in [-0.25, -0.2) is 0 Å². The lowest BCUT2D eigenvalue weighted by Crippen LogP contribution is -2.32. The first-order valence-electron chi connectivity index (χ1n) is 6.21. The molecule has 1 heterocycles. The van der Waals surface area contributed by atoms with Gasteiger partial charge < -0.3 is 14.6 Å². The maximum absolute atomic E-state index is 10.5. The first kappa shape index (κ1) is 12.4. The van der Waals surface area contributed by atoms with Crippen LogP contribution in [-0.2, 0) is 4.74 Å². The summed E-state index contributed by atoms with van der Waals surface area (Å²) in [5, 5.41) is 10.5. The van der Waals surface area contributed by atoms with Crippen molar-refractivity contribution in [3.8, 4) is 5.75 Å². The quantitative estimate of drug-likeness (QED) is 0.873. The van der Waals surface area contributed by atoms with E-state index in [9.17, 15) is 5.11 Å². The molecule has 0 aromatic heterocycles. The van der Waals surface area contributed by atoms with Crippen molar-refractivity contribution in [2.75, 3.05) is 13.2 Å². The Kier molecular flexibility index (Phi) is 3.69. The number of hydrogen-bond donors (Lipinski definition) is 1. The number of aliphatic hydroxyl groups is 1. The Morgan fingerprint density at radius 2 is 2.24 bits per heavy atom. The highest BCUT2D eigenvalue weighted by Crippen LogP contribution is 2.40. The van der Waals surface area contributed by atoms with Gasteiger partial charge in [0.1, 0.15) is 11.9 Å². The zero-order chi connectivity index (χ0) is 12.3. The Balaban J connectivity index is 2.26. The second kappa shape index (κ2) is 5.07. The van der Waals surface area contributed by atoms with Gasteiger partial charge in [0.2, 0.25) is 0 Å². The summed E-state index contributed by atoms with van der Waals surface area (Å²) in [5.41, 5.74) is 0.339. The van der Waals surface area contributed by atoms with Gasteiger partial charge >= 0.3 is 0 Å². The highest BCUT2D eigenvalue weighted by molar-refractivity contribution is 5.36. The van der Waals surface area contributed by atoms with Crippen molar-refractivity contribution >= 4 is 0 Å². The summed E-state index contributed by atoms with van der Waals surface area (Å²) < 4.78 is 11.2. The summed E-state index contributed by atoms with van der Waals surface area (Å²) in [6, 6.07) is 7.63. The summed E-state index contributed by atoms with van der Waals surface area (Å²) in [6.07, 6.45) is 1.26. The first-order valence-corrected chi connectivity index (χ1v) is 6.21. The third-order valence-corrected chi connectivity index (χ3v) is 3.34. The van der Waals surface area contributed by atoms with E-state index in [4.69, 9.17) is 9.47 Å². The van der Waals surface area contributed by atoms with E-state index in [1.807, 2.05) is 38.1 Å². The molecule has 1 aliphatic heterocycles. The van der Waals surface area contributed by atoms with E-state index < -0.39 is 11.7 Å². The molecule has 94 valence electrons. The van der Waals surface area contributed by atoms with Gasteiger partial charge in [-0.3, -0.25) is 0 Å². The number of hydrogen-bond acceptors (Lipinski definition) is 3. The molecule has 2 rings (SSSR count). The maximum Gasteiger partial charge on any atom is 0.125 e. The third-order valence-electron chi connectivity index (χ3n) is 3.34. The van der Waals surface area contributed by atoms with E-state index in [1.54, 1.807) is 0 Å². The molecule has 1 aromatic carbocycles. The molecule has 3 heteroatoms. The van der Waals surface area contributed by atoms with Crippen molar-refractivity contribution in [3.63, 3.8) is 0 Å². The summed E-state index contributed by atoms with van der Waals surface area (Å²) in [6.45, 7) is 5.23. The lowest BCUT2D eigenvalue weighted by atomic mass is 9.90. The minimum atomic E-state index is -0.632. The molecule has 1 aromatic rings. The Bertz CT molecular complexity index is 369. The van der Waals surface area contributed by atoms with Crippen LogP contribution in [0.25, 0.3) is 0 Å². The van der Waals surface area contributed by atoms with Gasteiger partial charge in [0.05, 0.1) is 12.2 Å². The van der Waals surface area contributed by atoms with E-state index in [-0.39, 0.29) is 0 Å². The van der Waals surface area contributed by atoms with Crippen molar-refractivity contribution in [2.45, 2.75) is 38.4 Å². The highest BCUT2D eigenvalue weighted by atomic mass is 16.5. The Morgan fingerprint density at radius 3 is 2.88 bits per heavy atom. The molecule has 0 bridgehead atoms. The van der Waals surface area contributed by atoms with Crippen LogP contribution in [0.1, 0.15) is 38.4 Å². The fourth-order valence-electron chi connectivity index (χ4n) is 2.34. The molecule has 1 saturated heterocycles. The predicted molar refractivity (Wildman–Crippen MR) is 66.2 cm³/mol. The average molecular weight is 236 g/mol. The maximum atomic E-state index is 10.5. The Labute approximate surface area is 102 Å². The monoisotopic (exact) mass is 236 g/mol. The summed E-state index contributed by atoms with van der Waals surface area (Å²) >= 11 is 0. The van der Waals surface area contributed by atoms with E-state index in [1.165, 1.54) is 0 Å². The van der Waals surface area contributed by atoms with Crippen LogP contribution in [0, 0.1) is 0 Å². The molecule has 1 fully saturated rings. The lowest BCUT2D eigenvalue weighted by molar-refractivity contribution is -0.0804. The fraction of sp³-hybridized carbons (Fsp3) is 0.571. The zero-order valence-corrected chi connectivity index (χ0v) is 10.5. The molecule has 0 saturated carbocycles. The standard InChI is InChI=1S/C14H20O3/c1-3-16-12-8-5-4-7-11(12)13(15)14(2)9-6-10-17-14/h4-5,7-8,13,15H,3,6,9-10H2,1-2H3. The highest BCUT2D eigenvalue weighted by Gasteiger charge is 2.39. The number of benzene rings is 1. The summed E-state index contributed by atoms with van der Waals surface area (Å²) in [4.78, 5) is 0. The van der Waals surface area contributed by atoms with Crippen LogP contribution in [0.15, 0.2) is 24.3 Å². The number of aliphatic hydroxyl groups excluding tert-OH is 1. The van der Waals surface area contributed by atoms with Crippen molar-refractivity contribution < 1.29 is 14.6 Å². The van der Waals surface area contributed by atoms with Crippen LogP contribution in [-0.4, -0.2) is 23.9 Å². The molecule has 0 spiro atoms. The molecular formula is C14H20O3. The van der Waals surface area contributed by atoms with Crippen LogP contribution in [0.5, 0.6) is 5.75 Å². The number of rotatable bonds is 4. The van der Waals surface area contributed by atoms with Crippen LogP contribution in [0.3, 0.4) is 0 Å². The Hall–Kier alpha value is -1.06. The summed E-state index contributed by atoms with van der Waals surface area (Å²) in [7, 11) is 0. The number of ether oxygens (including phenoxy) is 2. The van der Waals surface area contributed by atoms with Crippen LogP contribution in [0.4, 0.5) is 0 Å². The largest absolute Gasteiger partial charge is 0.493 e. The predicted octanol–water partition coefficient (Wildman–Crippen LogP) is 2.69. The average Bonchev–Trinajstić information content (AvgIpc) is 2.78. The van der Waals surface area contributed by atoms with E-state index in [0.717, 1.165) is 30.8 Å². The lowest BCUT2D eigenvalue weighted by Gasteiger charge is -2.30. The smallest absolute Gasteiger partial charge is 0.125 e. The second-order valence-corrected chi connectivity index (χ2v) is 4.64. The molecule has 3 nitrogen and oxygen atoms in total. The minimum Gasteiger partial charge on any atom is -0.493 e. The molecule has 1 aliphatic rings. The van der Waals surface area contributed by atoms with Gasteiger partial charge in [0.25, 0.3) is 0 Å². The molecule has 2 atom stereocenters. The molecule has 1 N–H and O–H groups in total. The second-order valence-electron chi connectivity index (χ2n) is 4.64. The van der Waals surface area contributed by atoms with E-state index in [0.29, 0.717) is 6.61 Å². The van der Waals surface area contributed by atoms with Gasteiger partial charge in [0, 0.05) is 12.2 Å². The van der Waals surface area contributed by atoms with Crippen LogP contribution >= 0.6 is 0 Å². The SMILES string of the molecule is CCOc1ccccc1C(O)C1(C)CCCO1. The van der Waals surface area contributed by atoms with Crippen molar-refractivity contribution in [2.24, 2.45) is 0 Å². The van der Waals surface area contributed by atoms with Gasteiger partial charge in [-0.1, -0.05) is 18.2 Å². The molecular weight excluding hydrogens is 216 g/mol.